The summed E-state index contributed by atoms with van der Waals surface area (Å²) >= 11 is 0. The van der Waals surface area contributed by atoms with Crippen LogP contribution in [0.5, 0.6) is 0 Å². The van der Waals surface area contributed by atoms with Crippen molar-refractivity contribution < 1.29 is 22.0 Å². The van der Waals surface area contributed by atoms with Crippen LogP contribution >= 0.6 is 0 Å². The van der Waals surface area contributed by atoms with E-state index in [9.17, 15) is 0 Å². The van der Waals surface area contributed by atoms with Gasteiger partial charge in [-0.2, -0.15) is 0 Å². The number of halogens is 1. The van der Waals surface area contributed by atoms with E-state index in [1.54, 1.807) is 0 Å². The van der Waals surface area contributed by atoms with E-state index >= 15 is 0 Å². The Morgan fingerprint density at radius 2 is 1.11 bits per heavy atom. The first-order chi connectivity index (χ1) is 8.62. The van der Waals surface area contributed by atoms with Gasteiger partial charge in [0.25, 0.3) is 0 Å². The lowest BCUT2D eigenvalue weighted by atomic mass is 10.1. The zero-order chi connectivity index (χ0) is 13.7. The Hall–Kier alpha value is 0.210. The van der Waals surface area contributed by atoms with Crippen LogP contribution in [0, 0.1) is 0 Å². The Morgan fingerprint density at radius 1 is 0.684 bits per heavy atom. The predicted octanol–water partition coefficient (Wildman–Crippen LogP) is 0.980. The molecule has 0 saturated heterocycles. The molecule has 0 aromatic rings. The van der Waals surface area contributed by atoms with Gasteiger partial charge >= 0.3 is 0 Å². The van der Waals surface area contributed by atoms with Crippen LogP contribution in [-0.4, -0.2) is 43.4 Å². The maximum absolute atomic E-state index is 8.85. The average molecular weight is 294 g/mol. The van der Waals surface area contributed by atoms with Gasteiger partial charge in [-0.15, -0.1) is 0 Å². The van der Waals surface area contributed by atoms with Crippen LogP contribution < -0.4 is 12.4 Å². The largest absolute Gasteiger partial charge is 1.00 e. The molecule has 3 heteroatoms. The molecule has 0 atom stereocenters. The zero-order valence-corrected chi connectivity index (χ0v) is 14.2. The highest BCUT2D eigenvalue weighted by Crippen LogP contribution is 2.11. The van der Waals surface area contributed by atoms with Crippen molar-refractivity contribution in [3.63, 3.8) is 0 Å². The van der Waals surface area contributed by atoms with E-state index in [1.807, 2.05) is 0 Å². The standard InChI is InChI=1S/C16H36NO.ClH/c1-4-5-6-7-8-9-10-11-12-14-17(2,3)15-13-16-18;/h18H,4-16H2,1-3H3;1H/q+1;/p-1. The molecule has 0 saturated carbocycles. The molecule has 0 aromatic carbocycles. The van der Waals surface area contributed by atoms with Gasteiger partial charge in [-0.3, -0.25) is 0 Å². The molecule has 2 nitrogen and oxygen atoms in total. The van der Waals surface area contributed by atoms with E-state index in [2.05, 4.69) is 21.0 Å². The zero-order valence-electron chi connectivity index (χ0n) is 13.5. The van der Waals surface area contributed by atoms with Crippen LogP contribution in [0.25, 0.3) is 0 Å². The van der Waals surface area contributed by atoms with Crippen molar-refractivity contribution in [1.82, 2.24) is 0 Å². The van der Waals surface area contributed by atoms with Crippen molar-refractivity contribution in [1.29, 1.82) is 0 Å². The number of rotatable bonds is 13. The molecule has 0 aromatic heterocycles. The topological polar surface area (TPSA) is 20.2 Å². The smallest absolute Gasteiger partial charge is 0.0804 e. The molecule has 118 valence electrons. The minimum atomic E-state index is 0. The van der Waals surface area contributed by atoms with Crippen LogP contribution in [0.15, 0.2) is 0 Å². The molecule has 0 rings (SSSR count). The Bertz CT molecular complexity index is 174. The van der Waals surface area contributed by atoms with Gasteiger partial charge in [-0.1, -0.05) is 51.9 Å². The summed E-state index contributed by atoms with van der Waals surface area (Å²) in [5.74, 6) is 0. The van der Waals surface area contributed by atoms with E-state index in [0.717, 1.165) is 17.4 Å². The van der Waals surface area contributed by atoms with Crippen LogP contribution in [-0.2, 0) is 0 Å². The summed E-state index contributed by atoms with van der Waals surface area (Å²) in [5.41, 5.74) is 0. The van der Waals surface area contributed by atoms with E-state index in [4.69, 9.17) is 5.11 Å². The number of nitrogens with zero attached hydrogens (tertiary/aromatic N) is 1. The Labute approximate surface area is 127 Å². The second-order valence-electron chi connectivity index (χ2n) is 6.29. The molecule has 0 heterocycles. The van der Waals surface area contributed by atoms with Gasteiger partial charge in [0.15, 0.2) is 0 Å². The van der Waals surface area contributed by atoms with Gasteiger partial charge < -0.3 is 22.0 Å². The molecule has 0 amide bonds. The van der Waals surface area contributed by atoms with Crippen molar-refractivity contribution in [3.8, 4) is 0 Å². The van der Waals surface area contributed by atoms with Gasteiger partial charge in [0, 0.05) is 13.0 Å². The fraction of sp³-hybridized carbons (Fsp3) is 1.00. The third-order valence-electron chi connectivity index (χ3n) is 3.79. The highest BCUT2D eigenvalue weighted by molar-refractivity contribution is 4.47. The first kappa shape index (κ1) is 21.5. The molecule has 19 heavy (non-hydrogen) atoms. The van der Waals surface area contributed by atoms with Crippen molar-refractivity contribution in [2.24, 2.45) is 0 Å². The molecule has 1 N–H and O–H groups in total. The minimum absolute atomic E-state index is 0. The predicted molar refractivity (Wildman–Crippen MR) is 80.8 cm³/mol. The van der Waals surface area contributed by atoms with Crippen molar-refractivity contribution in [3.05, 3.63) is 0 Å². The number of hydrogen-bond donors (Lipinski definition) is 1. The Kier molecular flexibility index (Phi) is 16.5. The molecular weight excluding hydrogens is 258 g/mol. The van der Waals surface area contributed by atoms with Crippen molar-refractivity contribution >= 4 is 0 Å². The SMILES string of the molecule is CCCCCCCCCCC[N+](C)(C)CCCO.[Cl-]. The quantitative estimate of drug-likeness (QED) is 0.396. The van der Waals surface area contributed by atoms with Crippen LogP contribution in [0.4, 0.5) is 0 Å². The molecular formula is C16H36ClNO. The minimum Gasteiger partial charge on any atom is -1.00 e. The van der Waals surface area contributed by atoms with E-state index in [-0.39, 0.29) is 12.4 Å². The number of unbranched alkanes of at least 4 members (excludes halogenated alkanes) is 8. The van der Waals surface area contributed by atoms with Crippen LogP contribution in [0.1, 0.15) is 71.1 Å². The van der Waals surface area contributed by atoms with Crippen LogP contribution in [0.2, 0.25) is 0 Å². The average Bonchev–Trinajstić information content (AvgIpc) is 2.34. The lowest BCUT2D eigenvalue weighted by Gasteiger charge is -2.29. The first-order valence-electron chi connectivity index (χ1n) is 8.05. The Balaban J connectivity index is 0. The molecule has 0 aliphatic rings. The third-order valence-corrected chi connectivity index (χ3v) is 3.79. The third kappa shape index (κ3) is 16.2. The van der Waals surface area contributed by atoms with Crippen molar-refractivity contribution in [2.45, 2.75) is 71.1 Å². The fourth-order valence-corrected chi connectivity index (χ4v) is 2.46. The van der Waals surface area contributed by atoms with Crippen LogP contribution in [0.3, 0.4) is 0 Å². The van der Waals surface area contributed by atoms with Gasteiger partial charge in [0.2, 0.25) is 0 Å². The molecule has 0 fully saturated rings. The molecule has 0 bridgehead atoms. The maximum Gasteiger partial charge on any atom is 0.0804 e. The number of aliphatic hydroxyl groups is 1. The number of quaternary nitrogens is 1. The van der Waals surface area contributed by atoms with E-state index in [1.165, 1.54) is 64.3 Å². The lowest BCUT2D eigenvalue weighted by molar-refractivity contribution is -0.890. The summed E-state index contributed by atoms with van der Waals surface area (Å²) in [6, 6.07) is 0. The molecule has 0 aliphatic heterocycles. The van der Waals surface area contributed by atoms with Crippen molar-refractivity contribution in [2.75, 3.05) is 33.8 Å². The Morgan fingerprint density at radius 3 is 1.58 bits per heavy atom. The maximum atomic E-state index is 8.85. The second-order valence-corrected chi connectivity index (χ2v) is 6.29. The normalized spacial score (nSPS) is 11.4. The highest BCUT2D eigenvalue weighted by atomic mass is 35.5. The van der Waals surface area contributed by atoms with Gasteiger partial charge in [-0.25, -0.2) is 0 Å². The summed E-state index contributed by atoms with van der Waals surface area (Å²) in [4.78, 5) is 0. The summed E-state index contributed by atoms with van der Waals surface area (Å²) < 4.78 is 1.07. The summed E-state index contributed by atoms with van der Waals surface area (Å²) in [6.07, 6.45) is 13.6. The summed E-state index contributed by atoms with van der Waals surface area (Å²) in [6.45, 7) is 4.97. The summed E-state index contributed by atoms with van der Waals surface area (Å²) in [7, 11) is 4.56. The molecule has 0 aliphatic carbocycles. The number of hydrogen-bond acceptors (Lipinski definition) is 1. The molecule has 0 radical (unpaired) electrons. The number of aliphatic hydroxyl groups excluding tert-OH is 1. The molecule has 0 spiro atoms. The van der Waals surface area contributed by atoms with Gasteiger partial charge in [0.1, 0.15) is 0 Å². The van der Waals surface area contributed by atoms with Gasteiger partial charge in [-0.05, 0) is 12.8 Å². The fourth-order valence-electron chi connectivity index (χ4n) is 2.46. The van der Waals surface area contributed by atoms with Gasteiger partial charge in [0.05, 0.1) is 27.2 Å². The highest BCUT2D eigenvalue weighted by Gasteiger charge is 2.12. The summed E-state index contributed by atoms with van der Waals surface area (Å²) in [5, 5.41) is 8.85. The van der Waals surface area contributed by atoms with E-state index < -0.39 is 0 Å². The van der Waals surface area contributed by atoms with E-state index in [0.29, 0.717) is 6.61 Å². The lowest BCUT2D eigenvalue weighted by Crippen LogP contribution is -3.00. The monoisotopic (exact) mass is 293 g/mol. The first-order valence-corrected chi connectivity index (χ1v) is 8.05. The molecule has 0 unspecified atom stereocenters. The second kappa shape index (κ2) is 14.6.